The number of carbonyl (C=O) groups excluding carboxylic acids is 1. The van der Waals surface area contributed by atoms with Crippen molar-refractivity contribution in [2.75, 3.05) is 23.3 Å². The molecule has 2 heterocycles. The van der Waals surface area contributed by atoms with E-state index >= 15 is 0 Å². The van der Waals surface area contributed by atoms with E-state index < -0.39 is 0 Å². The van der Waals surface area contributed by atoms with Crippen LogP contribution >= 0.6 is 0 Å². The Morgan fingerprint density at radius 3 is 2.29 bits per heavy atom. The van der Waals surface area contributed by atoms with Crippen LogP contribution in [-0.4, -0.2) is 29.0 Å². The van der Waals surface area contributed by atoms with E-state index in [0.717, 1.165) is 31.9 Å². The second kappa shape index (κ2) is 6.87. The molecule has 3 rings (SSSR count). The molecule has 1 aromatic rings. The maximum Gasteiger partial charge on any atom is 0.227 e. The molecule has 0 spiro atoms. The smallest absolute Gasteiger partial charge is 0.227 e. The number of hydrogen-bond donors (Lipinski definition) is 1. The first-order valence-electron chi connectivity index (χ1n) is 8.21. The maximum absolute atomic E-state index is 12.2. The van der Waals surface area contributed by atoms with Crippen molar-refractivity contribution >= 4 is 17.5 Å². The minimum Gasteiger partial charge on any atom is -0.341 e. The second-order valence-electron chi connectivity index (χ2n) is 6.14. The first-order valence-corrected chi connectivity index (χ1v) is 8.21. The summed E-state index contributed by atoms with van der Waals surface area (Å²) in [5.74, 6) is 1.08. The lowest BCUT2D eigenvalue weighted by atomic mass is 9.89. The molecule has 114 valence electrons. The Morgan fingerprint density at radius 2 is 1.62 bits per heavy atom. The number of piperidine rings is 1. The van der Waals surface area contributed by atoms with E-state index in [1.54, 1.807) is 12.4 Å². The summed E-state index contributed by atoms with van der Waals surface area (Å²) in [6.45, 7) is 2.07. The summed E-state index contributed by atoms with van der Waals surface area (Å²) in [5.41, 5.74) is 0.714. The van der Waals surface area contributed by atoms with Crippen LogP contribution in [0.2, 0.25) is 0 Å². The fourth-order valence-corrected chi connectivity index (χ4v) is 3.25. The summed E-state index contributed by atoms with van der Waals surface area (Å²) in [6, 6.07) is 0. The van der Waals surface area contributed by atoms with Gasteiger partial charge in [-0.3, -0.25) is 4.79 Å². The first-order chi connectivity index (χ1) is 10.3. The Balaban J connectivity index is 1.57. The Morgan fingerprint density at radius 1 is 1.00 bits per heavy atom. The highest BCUT2D eigenvalue weighted by atomic mass is 16.1. The Hall–Kier alpha value is -1.65. The van der Waals surface area contributed by atoms with Crippen LogP contribution < -0.4 is 10.2 Å². The Kier molecular flexibility index (Phi) is 4.68. The summed E-state index contributed by atoms with van der Waals surface area (Å²) in [5, 5.41) is 2.96. The van der Waals surface area contributed by atoms with Gasteiger partial charge in [-0.15, -0.1) is 0 Å². The predicted molar refractivity (Wildman–Crippen MR) is 83.3 cm³/mol. The molecular weight excluding hydrogens is 264 g/mol. The average molecular weight is 288 g/mol. The van der Waals surface area contributed by atoms with Crippen molar-refractivity contribution in [3.8, 4) is 0 Å². The molecule has 1 aliphatic carbocycles. The van der Waals surface area contributed by atoms with Crippen LogP contribution in [0.1, 0.15) is 51.4 Å². The van der Waals surface area contributed by atoms with Crippen LogP contribution in [-0.2, 0) is 4.79 Å². The molecule has 0 bridgehead atoms. The van der Waals surface area contributed by atoms with Crippen molar-refractivity contribution < 1.29 is 4.79 Å². The monoisotopic (exact) mass is 288 g/mol. The third-order valence-corrected chi connectivity index (χ3v) is 4.52. The van der Waals surface area contributed by atoms with Crippen molar-refractivity contribution in [3.05, 3.63) is 12.4 Å². The standard InChI is InChI=1S/C16H24N4O/c21-15(13-7-3-1-4-8-13)19-14-11-17-16(18-12-14)20-9-5-2-6-10-20/h11-13H,1-10H2,(H,19,21). The molecule has 0 atom stereocenters. The molecule has 1 N–H and O–H groups in total. The molecule has 2 fully saturated rings. The van der Waals surface area contributed by atoms with Crippen LogP contribution in [0.3, 0.4) is 0 Å². The van der Waals surface area contributed by atoms with Crippen molar-refractivity contribution in [2.24, 2.45) is 5.92 Å². The first kappa shape index (κ1) is 14.3. The molecule has 1 saturated heterocycles. The largest absolute Gasteiger partial charge is 0.341 e. The van der Waals surface area contributed by atoms with E-state index in [-0.39, 0.29) is 11.8 Å². The van der Waals surface area contributed by atoms with Gasteiger partial charge in [0.05, 0.1) is 18.1 Å². The van der Waals surface area contributed by atoms with Gasteiger partial charge in [0.15, 0.2) is 0 Å². The number of carbonyl (C=O) groups is 1. The molecule has 21 heavy (non-hydrogen) atoms. The van der Waals surface area contributed by atoms with Crippen LogP contribution in [0.5, 0.6) is 0 Å². The summed E-state index contributed by atoms with van der Waals surface area (Å²) >= 11 is 0. The minimum absolute atomic E-state index is 0.129. The van der Waals surface area contributed by atoms with E-state index in [1.165, 1.54) is 38.5 Å². The van der Waals surface area contributed by atoms with E-state index in [0.29, 0.717) is 5.69 Å². The lowest BCUT2D eigenvalue weighted by Gasteiger charge is -2.26. The van der Waals surface area contributed by atoms with E-state index in [9.17, 15) is 4.79 Å². The number of aromatic nitrogens is 2. The van der Waals surface area contributed by atoms with Crippen LogP contribution in [0.15, 0.2) is 12.4 Å². The fourth-order valence-electron chi connectivity index (χ4n) is 3.25. The van der Waals surface area contributed by atoms with Gasteiger partial charge in [0, 0.05) is 19.0 Å². The van der Waals surface area contributed by atoms with Gasteiger partial charge in [0.2, 0.25) is 11.9 Å². The van der Waals surface area contributed by atoms with Crippen LogP contribution in [0.4, 0.5) is 11.6 Å². The average Bonchev–Trinajstić information content (AvgIpc) is 2.57. The van der Waals surface area contributed by atoms with Crippen molar-refractivity contribution in [1.29, 1.82) is 0 Å². The van der Waals surface area contributed by atoms with Crippen molar-refractivity contribution in [3.63, 3.8) is 0 Å². The summed E-state index contributed by atoms with van der Waals surface area (Å²) in [7, 11) is 0. The molecule has 2 aliphatic rings. The highest BCUT2D eigenvalue weighted by molar-refractivity contribution is 5.92. The van der Waals surface area contributed by atoms with Gasteiger partial charge in [-0.05, 0) is 32.1 Å². The molecular formula is C16H24N4O. The van der Waals surface area contributed by atoms with Gasteiger partial charge in [0.25, 0.3) is 0 Å². The summed E-state index contributed by atoms with van der Waals surface area (Å²) in [6.07, 6.45) is 12.8. The third kappa shape index (κ3) is 3.71. The number of rotatable bonds is 3. The molecule has 5 nitrogen and oxygen atoms in total. The fraction of sp³-hybridized carbons (Fsp3) is 0.688. The SMILES string of the molecule is O=C(Nc1cnc(N2CCCCC2)nc1)C1CCCCC1. The molecule has 0 unspecified atom stereocenters. The highest BCUT2D eigenvalue weighted by Crippen LogP contribution is 2.25. The van der Waals surface area contributed by atoms with Gasteiger partial charge in [0.1, 0.15) is 0 Å². The van der Waals surface area contributed by atoms with Gasteiger partial charge < -0.3 is 10.2 Å². The minimum atomic E-state index is 0.129. The number of nitrogens with zero attached hydrogens (tertiary/aromatic N) is 3. The Bertz CT molecular complexity index is 462. The lowest BCUT2D eigenvalue weighted by Crippen LogP contribution is -2.31. The van der Waals surface area contributed by atoms with Gasteiger partial charge in [-0.2, -0.15) is 0 Å². The number of nitrogens with one attached hydrogen (secondary N) is 1. The van der Waals surface area contributed by atoms with E-state index in [4.69, 9.17) is 0 Å². The zero-order valence-corrected chi connectivity index (χ0v) is 12.6. The maximum atomic E-state index is 12.2. The van der Waals surface area contributed by atoms with Gasteiger partial charge in [-0.1, -0.05) is 19.3 Å². The van der Waals surface area contributed by atoms with E-state index in [1.807, 2.05) is 0 Å². The normalized spacial score (nSPS) is 20.3. The molecule has 0 aromatic carbocycles. The van der Waals surface area contributed by atoms with E-state index in [2.05, 4.69) is 20.2 Å². The van der Waals surface area contributed by atoms with Gasteiger partial charge in [-0.25, -0.2) is 9.97 Å². The molecule has 5 heteroatoms. The molecule has 1 saturated carbocycles. The molecule has 1 aliphatic heterocycles. The molecule has 1 aromatic heterocycles. The summed E-state index contributed by atoms with van der Waals surface area (Å²) in [4.78, 5) is 23.2. The van der Waals surface area contributed by atoms with Crippen molar-refractivity contribution in [1.82, 2.24) is 9.97 Å². The van der Waals surface area contributed by atoms with Crippen molar-refractivity contribution in [2.45, 2.75) is 51.4 Å². The van der Waals surface area contributed by atoms with Crippen LogP contribution in [0, 0.1) is 5.92 Å². The van der Waals surface area contributed by atoms with Gasteiger partial charge >= 0.3 is 0 Å². The lowest BCUT2D eigenvalue weighted by molar-refractivity contribution is -0.120. The molecule has 0 radical (unpaired) electrons. The number of anilines is 2. The zero-order chi connectivity index (χ0) is 14.5. The number of hydrogen-bond acceptors (Lipinski definition) is 4. The highest BCUT2D eigenvalue weighted by Gasteiger charge is 2.21. The number of amides is 1. The zero-order valence-electron chi connectivity index (χ0n) is 12.6. The third-order valence-electron chi connectivity index (χ3n) is 4.52. The predicted octanol–water partition coefficient (Wildman–Crippen LogP) is 2.99. The van der Waals surface area contributed by atoms with Crippen LogP contribution in [0.25, 0.3) is 0 Å². The molecule has 1 amide bonds. The second-order valence-corrected chi connectivity index (χ2v) is 6.14. The quantitative estimate of drug-likeness (QED) is 0.929. The Labute approximate surface area is 126 Å². The summed E-state index contributed by atoms with van der Waals surface area (Å²) < 4.78 is 0. The topological polar surface area (TPSA) is 58.1 Å².